The van der Waals surface area contributed by atoms with Gasteiger partial charge >= 0.3 is 0 Å². The van der Waals surface area contributed by atoms with Crippen LogP contribution in [-0.4, -0.2) is 5.78 Å². The second-order valence-corrected chi connectivity index (χ2v) is 4.59. The van der Waals surface area contributed by atoms with Crippen LogP contribution in [0.3, 0.4) is 0 Å². The maximum atomic E-state index is 12.1. The summed E-state index contributed by atoms with van der Waals surface area (Å²) in [6.07, 6.45) is 3.74. The number of ketones is 1. The van der Waals surface area contributed by atoms with Gasteiger partial charge in [0.25, 0.3) is 0 Å². The lowest BCUT2D eigenvalue weighted by Gasteiger charge is -2.18. The van der Waals surface area contributed by atoms with Gasteiger partial charge in [-0.1, -0.05) is 66.7 Å². The fourth-order valence-electron chi connectivity index (χ4n) is 2.60. The highest BCUT2D eigenvalue weighted by Gasteiger charge is 2.32. The van der Waals surface area contributed by atoms with Crippen molar-refractivity contribution >= 4 is 5.78 Å². The molecule has 0 amide bonds. The number of rotatable bonds is 2. The molecular formula is C17H14O. The fraction of sp³-hybridized carbons (Fsp3) is 0.118. The third kappa shape index (κ3) is 1.88. The summed E-state index contributed by atoms with van der Waals surface area (Å²) in [5.41, 5.74) is 2.30. The maximum Gasteiger partial charge on any atom is 0.163 e. The second kappa shape index (κ2) is 4.61. The predicted octanol–water partition coefficient (Wildman–Crippen LogP) is 3.69. The van der Waals surface area contributed by atoms with Gasteiger partial charge in [0.05, 0.1) is 5.92 Å². The van der Waals surface area contributed by atoms with Crippen LogP contribution in [-0.2, 0) is 4.79 Å². The molecule has 0 N–H and O–H groups in total. The molecule has 0 heterocycles. The molecular weight excluding hydrogens is 220 g/mol. The smallest absolute Gasteiger partial charge is 0.163 e. The second-order valence-electron chi connectivity index (χ2n) is 4.59. The summed E-state index contributed by atoms with van der Waals surface area (Å²) in [5, 5.41) is 0. The normalized spacial score (nSPS) is 22.3. The van der Waals surface area contributed by atoms with Crippen LogP contribution in [0.5, 0.6) is 0 Å². The van der Waals surface area contributed by atoms with Crippen molar-refractivity contribution in [3.05, 3.63) is 83.9 Å². The van der Waals surface area contributed by atoms with E-state index < -0.39 is 0 Å². The van der Waals surface area contributed by atoms with Gasteiger partial charge < -0.3 is 0 Å². The first-order valence-corrected chi connectivity index (χ1v) is 6.18. The molecule has 1 nitrogen and oxygen atoms in total. The Kier molecular flexibility index (Phi) is 2.81. The SMILES string of the molecule is O=C1C=C[C@@H](c2ccccc2)[C@@H]1c1ccccc1. The lowest BCUT2D eigenvalue weighted by molar-refractivity contribution is -0.115. The Morgan fingerprint density at radius 1 is 0.722 bits per heavy atom. The largest absolute Gasteiger partial charge is 0.294 e. The molecule has 0 bridgehead atoms. The Morgan fingerprint density at radius 2 is 1.28 bits per heavy atom. The van der Waals surface area contributed by atoms with Crippen molar-refractivity contribution in [2.45, 2.75) is 11.8 Å². The number of allylic oxidation sites excluding steroid dienone is 2. The van der Waals surface area contributed by atoms with E-state index in [1.807, 2.05) is 54.6 Å². The number of carbonyl (C=O) groups is 1. The summed E-state index contributed by atoms with van der Waals surface area (Å²) >= 11 is 0. The molecule has 1 aliphatic rings. The molecule has 0 fully saturated rings. The van der Waals surface area contributed by atoms with Gasteiger partial charge in [-0.25, -0.2) is 0 Å². The van der Waals surface area contributed by atoms with Gasteiger partial charge in [0.15, 0.2) is 5.78 Å². The molecule has 2 atom stereocenters. The topological polar surface area (TPSA) is 17.1 Å². The van der Waals surface area contributed by atoms with Gasteiger partial charge in [-0.2, -0.15) is 0 Å². The van der Waals surface area contributed by atoms with Crippen molar-refractivity contribution in [3.8, 4) is 0 Å². The molecule has 18 heavy (non-hydrogen) atoms. The summed E-state index contributed by atoms with van der Waals surface area (Å²) in [6, 6.07) is 20.2. The summed E-state index contributed by atoms with van der Waals surface area (Å²) in [6.45, 7) is 0. The quantitative estimate of drug-likeness (QED) is 0.774. The monoisotopic (exact) mass is 234 g/mol. The minimum absolute atomic E-state index is 0.0615. The molecule has 0 radical (unpaired) electrons. The molecule has 88 valence electrons. The standard InChI is InChI=1S/C17H14O/c18-16-12-11-15(13-7-3-1-4-8-13)17(16)14-9-5-2-6-10-14/h1-12,15,17H/t15-,17-/m0/s1. The minimum atomic E-state index is -0.0615. The van der Waals surface area contributed by atoms with Crippen LogP contribution in [0.2, 0.25) is 0 Å². The van der Waals surface area contributed by atoms with E-state index >= 15 is 0 Å². The zero-order valence-electron chi connectivity index (χ0n) is 9.99. The van der Waals surface area contributed by atoms with Gasteiger partial charge in [0.1, 0.15) is 0 Å². The summed E-state index contributed by atoms with van der Waals surface area (Å²) in [7, 11) is 0. The van der Waals surface area contributed by atoms with Crippen molar-refractivity contribution in [3.63, 3.8) is 0 Å². The van der Waals surface area contributed by atoms with Crippen LogP contribution in [0.1, 0.15) is 23.0 Å². The van der Waals surface area contributed by atoms with Crippen molar-refractivity contribution in [1.29, 1.82) is 0 Å². The van der Waals surface area contributed by atoms with Gasteiger partial charge in [0.2, 0.25) is 0 Å². The Labute approximate surface area is 107 Å². The van der Waals surface area contributed by atoms with Crippen molar-refractivity contribution in [1.82, 2.24) is 0 Å². The van der Waals surface area contributed by atoms with Crippen molar-refractivity contribution < 1.29 is 4.79 Å². The van der Waals surface area contributed by atoms with E-state index in [2.05, 4.69) is 12.1 Å². The predicted molar refractivity (Wildman–Crippen MR) is 72.5 cm³/mol. The van der Waals surface area contributed by atoms with E-state index in [1.165, 1.54) is 5.56 Å². The maximum absolute atomic E-state index is 12.1. The number of carbonyl (C=O) groups excluding carboxylic acids is 1. The van der Waals surface area contributed by atoms with E-state index in [4.69, 9.17) is 0 Å². The van der Waals surface area contributed by atoms with Crippen molar-refractivity contribution in [2.24, 2.45) is 0 Å². The number of benzene rings is 2. The van der Waals surface area contributed by atoms with Crippen LogP contribution in [0.25, 0.3) is 0 Å². The van der Waals surface area contributed by atoms with Crippen LogP contribution < -0.4 is 0 Å². The molecule has 2 aromatic carbocycles. The average molecular weight is 234 g/mol. The zero-order valence-corrected chi connectivity index (χ0v) is 9.99. The number of hydrogen-bond acceptors (Lipinski definition) is 1. The highest BCUT2D eigenvalue weighted by atomic mass is 16.1. The molecule has 0 aliphatic heterocycles. The molecule has 0 unspecified atom stereocenters. The van der Waals surface area contributed by atoms with E-state index in [9.17, 15) is 4.79 Å². The van der Waals surface area contributed by atoms with Gasteiger partial charge in [-0.3, -0.25) is 4.79 Å². The highest BCUT2D eigenvalue weighted by Crippen LogP contribution is 2.39. The molecule has 0 saturated carbocycles. The van der Waals surface area contributed by atoms with E-state index in [1.54, 1.807) is 6.08 Å². The first kappa shape index (κ1) is 11.0. The molecule has 1 heteroatoms. The first-order chi connectivity index (χ1) is 8.86. The Bertz CT molecular complexity index is 569. The Balaban J connectivity index is 2.00. The Morgan fingerprint density at radius 3 is 1.89 bits per heavy atom. The minimum Gasteiger partial charge on any atom is -0.294 e. The lowest BCUT2D eigenvalue weighted by Crippen LogP contribution is -2.12. The third-order valence-electron chi connectivity index (χ3n) is 3.48. The molecule has 0 saturated heterocycles. The summed E-state index contributed by atoms with van der Waals surface area (Å²) in [5.74, 6) is 0.310. The Hall–Kier alpha value is -2.15. The molecule has 0 aromatic heterocycles. The third-order valence-corrected chi connectivity index (χ3v) is 3.48. The summed E-state index contributed by atoms with van der Waals surface area (Å²) < 4.78 is 0. The van der Waals surface area contributed by atoms with Gasteiger partial charge in [-0.05, 0) is 17.2 Å². The molecule has 3 rings (SSSR count). The van der Waals surface area contributed by atoms with Gasteiger partial charge in [0, 0.05) is 5.92 Å². The number of hydrogen-bond donors (Lipinski definition) is 0. The van der Waals surface area contributed by atoms with E-state index in [-0.39, 0.29) is 17.6 Å². The van der Waals surface area contributed by atoms with Crippen LogP contribution in [0, 0.1) is 0 Å². The highest BCUT2D eigenvalue weighted by molar-refractivity contribution is 5.99. The average Bonchev–Trinajstić information content (AvgIpc) is 2.83. The first-order valence-electron chi connectivity index (χ1n) is 6.18. The van der Waals surface area contributed by atoms with Crippen LogP contribution >= 0.6 is 0 Å². The fourth-order valence-corrected chi connectivity index (χ4v) is 2.60. The van der Waals surface area contributed by atoms with E-state index in [0.29, 0.717) is 0 Å². The van der Waals surface area contributed by atoms with Crippen molar-refractivity contribution in [2.75, 3.05) is 0 Å². The molecule has 0 spiro atoms. The molecule has 1 aliphatic carbocycles. The lowest BCUT2D eigenvalue weighted by atomic mass is 9.83. The summed E-state index contributed by atoms with van der Waals surface area (Å²) in [4.78, 5) is 12.1. The van der Waals surface area contributed by atoms with E-state index in [0.717, 1.165) is 5.56 Å². The van der Waals surface area contributed by atoms with Crippen LogP contribution in [0.4, 0.5) is 0 Å². The zero-order chi connectivity index (χ0) is 12.4. The molecule has 2 aromatic rings. The van der Waals surface area contributed by atoms with Gasteiger partial charge in [-0.15, -0.1) is 0 Å². The van der Waals surface area contributed by atoms with Crippen LogP contribution in [0.15, 0.2) is 72.8 Å².